The second-order valence-corrected chi connectivity index (χ2v) is 5.33. The average Bonchev–Trinajstić information content (AvgIpc) is 2.53. The minimum Gasteiger partial charge on any atom is -0.426 e. The van der Waals surface area contributed by atoms with Gasteiger partial charge >= 0.3 is 5.97 Å². The standard InChI is InChI=1S/C15H21NO7/c1-8(18)22-10-5-3-2-4-9(10)6-16-15-14(21)13(20)12(19)11(7-17)23-15/h2-5,11-17,19-21H,6-7H2,1H3/t11-,12+,13+,14-,15?/m1/s1. The molecular formula is C15H21NO7. The summed E-state index contributed by atoms with van der Waals surface area (Å²) in [5.41, 5.74) is 0.652. The molecule has 128 valence electrons. The first-order valence-electron chi connectivity index (χ1n) is 7.24. The van der Waals surface area contributed by atoms with Gasteiger partial charge in [0.25, 0.3) is 0 Å². The highest BCUT2D eigenvalue weighted by Gasteiger charge is 2.43. The third-order valence-corrected chi connectivity index (χ3v) is 3.61. The van der Waals surface area contributed by atoms with Gasteiger partial charge in [0.05, 0.1) is 6.61 Å². The molecule has 0 aromatic heterocycles. The quantitative estimate of drug-likeness (QED) is 0.326. The molecule has 5 atom stereocenters. The minimum atomic E-state index is -1.44. The largest absolute Gasteiger partial charge is 0.426 e. The smallest absolute Gasteiger partial charge is 0.308 e. The molecule has 0 spiro atoms. The van der Waals surface area contributed by atoms with E-state index in [1.54, 1.807) is 24.3 Å². The summed E-state index contributed by atoms with van der Waals surface area (Å²) >= 11 is 0. The summed E-state index contributed by atoms with van der Waals surface area (Å²) in [6, 6.07) is 6.84. The Labute approximate surface area is 133 Å². The number of hydrogen-bond acceptors (Lipinski definition) is 8. The monoisotopic (exact) mass is 327 g/mol. The number of hydrogen-bond donors (Lipinski definition) is 5. The molecule has 1 aromatic rings. The molecule has 1 aliphatic rings. The van der Waals surface area contributed by atoms with Crippen LogP contribution in [-0.2, 0) is 16.1 Å². The van der Waals surface area contributed by atoms with Gasteiger partial charge in [0.15, 0.2) is 0 Å². The molecule has 2 rings (SSSR count). The van der Waals surface area contributed by atoms with E-state index in [-0.39, 0.29) is 6.54 Å². The summed E-state index contributed by atoms with van der Waals surface area (Å²) in [6.07, 6.45) is -6.18. The molecule has 0 bridgehead atoms. The fourth-order valence-electron chi connectivity index (χ4n) is 2.39. The van der Waals surface area contributed by atoms with E-state index in [1.165, 1.54) is 6.92 Å². The second-order valence-electron chi connectivity index (χ2n) is 5.33. The molecule has 1 aromatic carbocycles. The first kappa shape index (κ1) is 17.8. The predicted molar refractivity (Wildman–Crippen MR) is 78.4 cm³/mol. The number of aliphatic hydroxyl groups is 4. The number of nitrogens with one attached hydrogen (secondary N) is 1. The average molecular weight is 327 g/mol. The van der Waals surface area contributed by atoms with Crippen LogP contribution in [0, 0.1) is 0 Å². The fraction of sp³-hybridized carbons (Fsp3) is 0.533. The lowest BCUT2D eigenvalue weighted by Gasteiger charge is -2.40. The summed E-state index contributed by atoms with van der Waals surface area (Å²) in [5, 5.41) is 41.4. The van der Waals surface area contributed by atoms with Crippen molar-refractivity contribution >= 4 is 5.97 Å². The summed E-state index contributed by atoms with van der Waals surface area (Å²) in [6.45, 7) is 0.987. The van der Waals surface area contributed by atoms with Crippen molar-refractivity contribution in [2.24, 2.45) is 0 Å². The number of carbonyl (C=O) groups is 1. The van der Waals surface area contributed by atoms with Gasteiger partial charge in [-0.25, -0.2) is 0 Å². The van der Waals surface area contributed by atoms with Crippen LogP contribution in [0.15, 0.2) is 24.3 Å². The van der Waals surface area contributed by atoms with Crippen LogP contribution in [0.4, 0.5) is 0 Å². The third-order valence-electron chi connectivity index (χ3n) is 3.61. The fourth-order valence-corrected chi connectivity index (χ4v) is 2.39. The summed E-state index contributed by atoms with van der Waals surface area (Å²) in [5.74, 6) is -0.0811. The minimum absolute atomic E-state index is 0.187. The normalized spacial score (nSPS) is 30.9. The van der Waals surface area contributed by atoms with Gasteiger partial charge in [-0.15, -0.1) is 0 Å². The van der Waals surface area contributed by atoms with Gasteiger partial charge < -0.3 is 29.9 Å². The molecule has 1 heterocycles. The van der Waals surface area contributed by atoms with Crippen LogP contribution >= 0.6 is 0 Å². The lowest BCUT2D eigenvalue weighted by molar-refractivity contribution is -0.236. The van der Waals surface area contributed by atoms with Crippen LogP contribution in [0.2, 0.25) is 0 Å². The zero-order chi connectivity index (χ0) is 17.0. The number of esters is 1. The molecule has 0 saturated carbocycles. The van der Waals surface area contributed by atoms with Crippen LogP contribution in [-0.4, -0.2) is 63.6 Å². The number of benzene rings is 1. The molecule has 0 aliphatic carbocycles. The van der Waals surface area contributed by atoms with Crippen molar-refractivity contribution in [2.75, 3.05) is 6.61 Å². The maximum Gasteiger partial charge on any atom is 0.308 e. The highest BCUT2D eigenvalue weighted by atomic mass is 16.6. The Morgan fingerprint density at radius 3 is 2.57 bits per heavy atom. The first-order chi connectivity index (χ1) is 10.9. The van der Waals surface area contributed by atoms with Crippen molar-refractivity contribution in [2.45, 2.75) is 44.1 Å². The van der Waals surface area contributed by atoms with E-state index in [0.29, 0.717) is 11.3 Å². The van der Waals surface area contributed by atoms with Crippen LogP contribution < -0.4 is 10.1 Å². The van der Waals surface area contributed by atoms with Gasteiger partial charge in [-0.2, -0.15) is 0 Å². The molecule has 1 fully saturated rings. The number of ether oxygens (including phenoxy) is 2. The Hall–Kier alpha value is -1.55. The van der Waals surface area contributed by atoms with E-state index in [9.17, 15) is 20.1 Å². The Balaban J connectivity index is 2.04. The SMILES string of the molecule is CC(=O)Oc1ccccc1CNC1O[C@H](CO)[C@H](O)[C@H](O)[C@H]1O. The zero-order valence-electron chi connectivity index (χ0n) is 12.6. The maximum atomic E-state index is 11.1. The van der Waals surface area contributed by atoms with Crippen molar-refractivity contribution in [1.29, 1.82) is 0 Å². The molecule has 23 heavy (non-hydrogen) atoms. The summed E-state index contributed by atoms with van der Waals surface area (Å²) in [7, 11) is 0. The van der Waals surface area contributed by atoms with E-state index < -0.39 is 43.2 Å². The number of rotatable bonds is 5. The molecule has 5 N–H and O–H groups in total. The number of carbonyl (C=O) groups excluding carboxylic acids is 1. The number of para-hydroxylation sites is 1. The first-order valence-corrected chi connectivity index (χ1v) is 7.24. The molecule has 8 heteroatoms. The topological polar surface area (TPSA) is 128 Å². The van der Waals surface area contributed by atoms with Crippen molar-refractivity contribution in [3.05, 3.63) is 29.8 Å². The molecular weight excluding hydrogens is 306 g/mol. The third kappa shape index (κ3) is 4.25. The van der Waals surface area contributed by atoms with Gasteiger partial charge in [-0.05, 0) is 6.07 Å². The Kier molecular flexibility index (Phi) is 6.05. The van der Waals surface area contributed by atoms with Crippen molar-refractivity contribution in [3.8, 4) is 5.75 Å². The van der Waals surface area contributed by atoms with Gasteiger partial charge in [-0.1, -0.05) is 18.2 Å². The Morgan fingerprint density at radius 1 is 1.22 bits per heavy atom. The van der Waals surface area contributed by atoms with Crippen LogP contribution in [0.3, 0.4) is 0 Å². The molecule has 0 amide bonds. The molecule has 8 nitrogen and oxygen atoms in total. The highest BCUT2D eigenvalue weighted by Crippen LogP contribution is 2.22. The highest BCUT2D eigenvalue weighted by molar-refractivity contribution is 5.69. The molecule has 1 unspecified atom stereocenters. The zero-order valence-corrected chi connectivity index (χ0v) is 12.6. The van der Waals surface area contributed by atoms with Gasteiger partial charge in [0.2, 0.25) is 0 Å². The molecule has 1 saturated heterocycles. The van der Waals surface area contributed by atoms with E-state index in [0.717, 1.165) is 0 Å². The summed E-state index contributed by atoms with van der Waals surface area (Å²) in [4.78, 5) is 11.1. The van der Waals surface area contributed by atoms with Crippen molar-refractivity contribution in [1.82, 2.24) is 5.32 Å². The van der Waals surface area contributed by atoms with Crippen LogP contribution in [0.25, 0.3) is 0 Å². The number of aliphatic hydroxyl groups excluding tert-OH is 4. The van der Waals surface area contributed by atoms with E-state index in [1.807, 2.05) is 0 Å². The predicted octanol–water partition coefficient (Wildman–Crippen LogP) is -1.50. The van der Waals surface area contributed by atoms with Crippen LogP contribution in [0.1, 0.15) is 12.5 Å². The van der Waals surface area contributed by atoms with Crippen molar-refractivity contribution in [3.63, 3.8) is 0 Å². The second kappa shape index (κ2) is 7.82. The summed E-state index contributed by atoms with van der Waals surface area (Å²) < 4.78 is 10.4. The van der Waals surface area contributed by atoms with E-state index in [4.69, 9.17) is 14.6 Å². The Morgan fingerprint density at radius 2 is 1.91 bits per heavy atom. The van der Waals surface area contributed by atoms with Gasteiger partial charge in [0, 0.05) is 19.0 Å². The van der Waals surface area contributed by atoms with Crippen LogP contribution in [0.5, 0.6) is 5.75 Å². The van der Waals surface area contributed by atoms with Gasteiger partial charge in [0.1, 0.15) is 36.4 Å². The lowest BCUT2D eigenvalue weighted by Crippen LogP contribution is -2.62. The van der Waals surface area contributed by atoms with E-state index >= 15 is 0 Å². The lowest BCUT2D eigenvalue weighted by atomic mass is 9.98. The Bertz CT molecular complexity index is 536. The maximum absolute atomic E-state index is 11.1. The van der Waals surface area contributed by atoms with Gasteiger partial charge in [-0.3, -0.25) is 10.1 Å². The molecule has 1 aliphatic heterocycles. The van der Waals surface area contributed by atoms with E-state index in [2.05, 4.69) is 5.32 Å². The molecule has 0 radical (unpaired) electrons. The van der Waals surface area contributed by atoms with Crippen molar-refractivity contribution < 1.29 is 34.7 Å².